The number of nitro benzene ring substituents is 1. The van der Waals surface area contributed by atoms with Crippen LogP contribution in [0.25, 0.3) is 22.6 Å². The molecule has 4 rings (SSSR count). The molecule has 1 amide bonds. The summed E-state index contributed by atoms with van der Waals surface area (Å²) in [6.07, 6.45) is 0.914. The maximum absolute atomic E-state index is 12.6. The second-order valence-electron chi connectivity index (χ2n) is 6.97. The van der Waals surface area contributed by atoms with E-state index in [-0.39, 0.29) is 11.3 Å². The van der Waals surface area contributed by atoms with Crippen molar-refractivity contribution in [2.75, 3.05) is 5.32 Å². The molecule has 0 saturated carbocycles. The number of fused-ring (bicyclic) bond motifs is 1. The Morgan fingerprint density at radius 1 is 1.13 bits per heavy atom. The van der Waals surface area contributed by atoms with Crippen molar-refractivity contribution in [3.63, 3.8) is 0 Å². The number of rotatable bonds is 5. The van der Waals surface area contributed by atoms with Gasteiger partial charge < -0.3 is 9.73 Å². The molecule has 0 radical (unpaired) electrons. The van der Waals surface area contributed by atoms with Gasteiger partial charge in [0.2, 0.25) is 5.89 Å². The van der Waals surface area contributed by atoms with Crippen LogP contribution in [-0.4, -0.2) is 15.8 Å². The number of anilines is 1. The van der Waals surface area contributed by atoms with E-state index in [1.807, 2.05) is 24.3 Å². The second kappa shape index (κ2) is 7.79. The van der Waals surface area contributed by atoms with Crippen LogP contribution in [0.2, 0.25) is 0 Å². The van der Waals surface area contributed by atoms with Gasteiger partial charge in [0.05, 0.1) is 4.92 Å². The summed E-state index contributed by atoms with van der Waals surface area (Å²) in [5.74, 6) is 0.0285. The maximum Gasteiger partial charge on any atom is 0.273 e. The summed E-state index contributed by atoms with van der Waals surface area (Å²) in [5.41, 5.74) is 4.54. The summed E-state index contributed by atoms with van der Waals surface area (Å²) in [4.78, 5) is 27.8. The molecular weight excluding hydrogens is 382 g/mol. The van der Waals surface area contributed by atoms with Crippen molar-refractivity contribution >= 4 is 28.4 Å². The zero-order chi connectivity index (χ0) is 21.3. The lowest BCUT2D eigenvalue weighted by Crippen LogP contribution is -2.12. The van der Waals surface area contributed by atoms with E-state index < -0.39 is 10.8 Å². The van der Waals surface area contributed by atoms with Gasteiger partial charge in [-0.3, -0.25) is 14.9 Å². The van der Waals surface area contributed by atoms with Crippen LogP contribution in [0.1, 0.15) is 28.4 Å². The van der Waals surface area contributed by atoms with Crippen molar-refractivity contribution in [3.05, 3.63) is 87.5 Å². The normalized spacial score (nSPS) is 10.9. The molecule has 0 aliphatic rings. The Kier molecular flexibility index (Phi) is 5.02. The molecule has 0 unspecified atom stereocenters. The Hall–Kier alpha value is -4.00. The Labute approximate surface area is 172 Å². The third kappa shape index (κ3) is 3.77. The lowest BCUT2D eigenvalue weighted by molar-refractivity contribution is -0.385. The largest absolute Gasteiger partial charge is 0.436 e. The van der Waals surface area contributed by atoms with Crippen LogP contribution in [0.3, 0.4) is 0 Å². The maximum atomic E-state index is 12.6. The molecule has 7 nitrogen and oxygen atoms in total. The molecule has 0 aliphatic heterocycles. The first-order chi connectivity index (χ1) is 14.4. The van der Waals surface area contributed by atoms with Crippen molar-refractivity contribution in [3.8, 4) is 11.5 Å². The topological polar surface area (TPSA) is 98.3 Å². The van der Waals surface area contributed by atoms with Crippen LogP contribution in [0.15, 0.2) is 65.1 Å². The number of hydrogen-bond donors (Lipinski definition) is 1. The molecule has 30 heavy (non-hydrogen) atoms. The number of aromatic nitrogens is 1. The molecule has 4 aromatic rings. The van der Waals surface area contributed by atoms with Crippen molar-refractivity contribution in [1.29, 1.82) is 0 Å². The average molecular weight is 401 g/mol. The molecule has 1 N–H and O–H groups in total. The van der Waals surface area contributed by atoms with E-state index in [2.05, 4.69) is 17.2 Å². The predicted molar refractivity (Wildman–Crippen MR) is 115 cm³/mol. The van der Waals surface area contributed by atoms with Crippen LogP contribution in [0.4, 0.5) is 11.4 Å². The standard InChI is InChI=1S/C23H19N3O4/c1-3-15-8-10-21-19(11-15)25-23(30-21)17-5-4-6-18(12-17)24-22(27)16-9-7-14(2)20(13-16)26(28)29/h4-13H,3H2,1-2H3,(H,24,27). The zero-order valence-electron chi connectivity index (χ0n) is 16.5. The molecule has 1 heterocycles. The molecule has 3 aromatic carbocycles. The Morgan fingerprint density at radius 3 is 2.73 bits per heavy atom. The SMILES string of the molecule is CCc1ccc2oc(-c3cccc(NC(=O)c4ccc(C)c([N+](=O)[O-])c4)c3)nc2c1. The first-order valence-electron chi connectivity index (χ1n) is 9.51. The van der Waals surface area contributed by atoms with Crippen LogP contribution in [0, 0.1) is 17.0 Å². The number of oxazole rings is 1. The fraction of sp³-hybridized carbons (Fsp3) is 0.130. The number of amides is 1. The smallest absolute Gasteiger partial charge is 0.273 e. The van der Waals surface area contributed by atoms with Crippen LogP contribution in [0.5, 0.6) is 0 Å². The molecule has 7 heteroatoms. The van der Waals surface area contributed by atoms with Gasteiger partial charge >= 0.3 is 0 Å². The molecule has 0 bridgehead atoms. The summed E-state index contributed by atoms with van der Waals surface area (Å²) in [6.45, 7) is 3.71. The van der Waals surface area contributed by atoms with Gasteiger partial charge in [0, 0.05) is 28.4 Å². The van der Waals surface area contributed by atoms with Gasteiger partial charge in [0.15, 0.2) is 5.58 Å². The van der Waals surface area contributed by atoms with E-state index in [1.54, 1.807) is 37.3 Å². The van der Waals surface area contributed by atoms with Gasteiger partial charge in [-0.25, -0.2) is 4.98 Å². The molecule has 0 aliphatic carbocycles. The van der Waals surface area contributed by atoms with E-state index >= 15 is 0 Å². The van der Waals surface area contributed by atoms with Crippen LogP contribution >= 0.6 is 0 Å². The number of nitro groups is 1. The third-order valence-electron chi connectivity index (χ3n) is 4.90. The number of benzene rings is 3. The summed E-state index contributed by atoms with van der Waals surface area (Å²) in [7, 11) is 0. The molecular formula is C23H19N3O4. The predicted octanol–water partition coefficient (Wildman–Crippen LogP) is 5.53. The molecule has 0 saturated heterocycles. The fourth-order valence-electron chi connectivity index (χ4n) is 3.20. The first-order valence-corrected chi connectivity index (χ1v) is 9.51. The number of aryl methyl sites for hydroxylation is 2. The van der Waals surface area contributed by atoms with Crippen LogP contribution in [-0.2, 0) is 6.42 Å². The average Bonchev–Trinajstić information content (AvgIpc) is 3.17. The lowest BCUT2D eigenvalue weighted by atomic mass is 10.1. The van der Waals surface area contributed by atoms with Gasteiger partial charge in [-0.15, -0.1) is 0 Å². The van der Waals surface area contributed by atoms with E-state index in [0.717, 1.165) is 17.5 Å². The number of carbonyl (C=O) groups is 1. The summed E-state index contributed by atoms with van der Waals surface area (Å²) in [5, 5.41) is 13.9. The van der Waals surface area contributed by atoms with E-state index in [1.165, 1.54) is 11.6 Å². The van der Waals surface area contributed by atoms with Gasteiger partial charge in [0.1, 0.15) is 5.52 Å². The highest BCUT2D eigenvalue weighted by Crippen LogP contribution is 2.27. The van der Waals surface area contributed by atoms with Gasteiger partial charge in [0.25, 0.3) is 11.6 Å². The first kappa shape index (κ1) is 19.3. The monoisotopic (exact) mass is 401 g/mol. The fourth-order valence-corrected chi connectivity index (χ4v) is 3.20. The van der Waals surface area contributed by atoms with Gasteiger partial charge in [-0.1, -0.05) is 25.1 Å². The number of nitrogens with zero attached hydrogens (tertiary/aromatic N) is 2. The number of carbonyl (C=O) groups excluding carboxylic acids is 1. The Balaban J connectivity index is 1.60. The molecule has 0 fully saturated rings. The van der Waals surface area contributed by atoms with Crippen molar-refractivity contribution in [2.24, 2.45) is 0 Å². The second-order valence-corrected chi connectivity index (χ2v) is 6.97. The highest BCUT2D eigenvalue weighted by atomic mass is 16.6. The zero-order valence-corrected chi connectivity index (χ0v) is 16.5. The van der Waals surface area contributed by atoms with Crippen molar-refractivity contribution in [1.82, 2.24) is 4.98 Å². The minimum absolute atomic E-state index is 0.0886. The highest BCUT2D eigenvalue weighted by Gasteiger charge is 2.16. The lowest BCUT2D eigenvalue weighted by Gasteiger charge is -2.07. The van der Waals surface area contributed by atoms with E-state index in [0.29, 0.717) is 22.7 Å². The van der Waals surface area contributed by atoms with E-state index in [9.17, 15) is 14.9 Å². The number of hydrogen-bond acceptors (Lipinski definition) is 5. The number of nitrogens with one attached hydrogen (secondary N) is 1. The Bertz CT molecular complexity index is 1280. The summed E-state index contributed by atoms with van der Waals surface area (Å²) < 4.78 is 5.85. The molecule has 0 spiro atoms. The van der Waals surface area contributed by atoms with Gasteiger partial charge in [-0.2, -0.15) is 0 Å². The van der Waals surface area contributed by atoms with Crippen molar-refractivity contribution < 1.29 is 14.1 Å². The van der Waals surface area contributed by atoms with Crippen LogP contribution < -0.4 is 5.32 Å². The summed E-state index contributed by atoms with van der Waals surface area (Å²) >= 11 is 0. The minimum Gasteiger partial charge on any atom is -0.436 e. The molecule has 1 aromatic heterocycles. The molecule has 0 atom stereocenters. The molecule has 150 valence electrons. The Morgan fingerprint density at radius 2 is 1.97 bits per heavy atom. The van der Waals surface area contributed by atoms with Gasteiger partial charge in [-0.05, 0) is 55.3 Å². The van der Waals surface area contributed by atoms with Crippen molar-refractivity contribution in [2.45, 2.75) is 20.3 Å². The summed E-state index contributed by atoms with van der Waals surface area (Å²) in [6, 6.07) is 17.4. The third-order valence-corrected chi connectivity index (χ3v) is 4.90. The quantitative estimate of drug-likeness (QED) is 0.350. The highest BCUT2D eigenvalue weighted by molar-refractivity contribution is 6.05. The van der Waals surface area contributed by atoms with E-state index in [4.69, 9.17) is 4.42 Å². The minimum atomic E-state index is -0.496.